The van der Waals surface area contributed by atoms with Crippen LogP contribution < -0.4 is 4.72 Å². The minimum Gasteiger partial charge on any atom is -0.301 e. The first kappa shape index (κ1) is 9.17. The fourth-order valence-electron chi connectivity index (χ4n) is 1.28. The summed E-state index contributed by atoms with van der Waals surface area (Å²) >= 11 is 1.32. The van der Waals surface area contributed by atoms with E-state index in [1.165, 1.54) is 24.1 Å². The molecule has 72 valence electrons. The Morgan fingerprint density at radius 3 is 3.00 bits per heavy atom. The summed E-state index contributed by atoms with van der Waals surface area (Å²) in [6.45, 7) is 0. The molecule has 0 saturated heterocycles. The minimum atomic E-state index is -0.467. The highest BCUT2D eigenvalue weighted by atomic mass is 32.2. The number of hydrogen-bond acceptors (Lipinski definition) is 5. The van der Waals surface area contributed by atoms with E-state index in [1.54, 1.807) is 6.07 Å². The predicted molar refractivity (Wildman–Crippen MR) is 50.9 cm³/mol. The summed E-state index contributed by atoms with van der Waals surface area (Å²) in [5.41, 5.74) is 0.694. The molecule has 0 aliphatic carbocycles. The monoisotopic (exact) mass is 210 g/mol. The summed E-state index contributed by atoms with van der Waals surface area (Å²) in [5, 5.41) is 10.5. The third kappa shape index (κ3) is 1.38. The van der Waals surface area contributed by atoms with Gasteiger partial charge in [-0.1, -0.05) is 0 Å². The molecule has 1 aromatic carbocycles. The lowest BCUT2D eigenvalue weighted by Crippen LogP contribution is -2.08. The summed E-state index contributed by atoms with van der Waals surface area (Å²) in [6, 6.07) is 4.08. The number of fused-ring (bicyclic) bond motifs is 1. The Kier molecular flexibility index (Phi) is 2.22. The zero-order chi connectivity index (χ0) is 10.1. The van der Waals surface area contributed by atoms with Crippen LogP contribution in [-0.2, 0) is 4.79 Å². The Bertz CT molecular complexity index is 408. The molecule has 1 aromatic rings. The Labute approximate surface area is 83.8 Å². The van der Waals surface area contributed by atoms with E-state index in [1.807, 2.05) is 0 Å². The van der Waals surface area contributed by atoms with E-state index in [0.717, 1.165) is 11.2 Å². The van der Waals surface area contributed by atoms with Gasteiger partial charge in [0.05, 0.1) is 11.0 Å². The second-order valence-electron chi connectivity index (χ2n) is 2.81. The van der Waals surface area contributed by atoms with Gasteiger partial charge >= 0.3 is 0 Å². The van der Waals surface area contributed by atoms with Crippen LogP contribution in [0.1, 0.15) is 11.6 Å². The van der Waals surface area contributed by atoms with Crippen molar-refractivity contribution >= 4 is 23.9 Å². The molecule has 1 heterocycles. The summed E-state index contributed by atoms with van der Waals surface area (Å²) in [6.07, 6.45) is 0.739. The molecule has 1 aliphatic rings. The van der Waals surface area contributed by atoms with Gasteiger partial charge in [-0.25, -0.2) is 4.72 Å². The first-order chi connectivity index (χ1) is 6.72. The van der Waals surface area contributed by atoms with Gasteiger partial charge < -0.3 is 4.79 Å². The van der Waals surface area contributed by atoms with Gasteiger partial charge in [-0.2, -0.15) is 0 Å². The molecular weight excluding hydrogens is 204 g/mol. The zero-order valence-electron chi connectivity index (χ0n) is 6.97. The molecule has 0 aromatic heterocycles. The SMILES string of the molecule is O=CC1NSc2ccc([N+](=O)[O-])cc21. The highest BCUT2D eigenvalue weighted by Gasteiger charge is 2.24. The highest BCUT2D eigenvalue weighted by molar-refractivity contribution is 7.97. The summed E-state index contributed by atoms with van der Waals surface area (Å²) in [5.74, 6) is 0. The van der Waals surface area contributed by atoms with Crippen molar-refractivity contribution in [3.63, 3.8) is 0 Å². The molecule has 0 spiro atoms. The van der Waals surface area contributed by atoms with E-state index in [-0.39, 0.29) is 5.69 Å². The molecule has 1 unspecified atom stereocenters. The molecular formula is C8H6N2O3S. The van der Waals surface area contributed by atoms with Gasteiger partial charge in [0.2, 0.25) is 0 Å². The van der Waals surface area contributed by atoms with E-state index < -0.39 is 11.0 Å². The van der Waals surface area contributed by atoms with Crippen LogP contribution in [0.3, 0.4) is 0 Å². The predicted octanol–water partition coefficient (Wildman–Crippen LogP) is 1.45. The zero-order valence-corrected chi connectivity index (χ0v) is 7.78. The number of carbonyl (C=O) groups excluding carboxylic acids is 1. The lowest BCUT2D eigenvalue weighted by molar-refractivity contribution is -0.385. The van der Waals surface area contributed by atoms with Gasteiger partial charge in [0, 0.05) is 17.0 Å². The number of hydrogen-bond donors (Lipinski definition) is 1. The minimum absolute atomic E-state index is 0.0138. The van der Waals surface area contributed by atoms with E-state index in [9.17, 15) is 14.9 Å². The number of nitro benzene ring substituents is 1. The van der Waals surface area contributed by atoms with Crippen LogP contribution in [0, 0.1) is 10.1 Å². The van der Waals surface area contributed by atoms with Gasteiger partial charge in [-0.05, 0) is 23.6 Å². The van der Waals surface area contributed by atoms with Crippen molar-refractivity contribution in [2.45, 2.75) is 10.9 Å². The van der Waals surface area contributed by atoms with Crippen molar-refractivity contribution in [1.82, 2.24) is 4.72 Å². The Morgan fingerprint density at radius 2 is 2.36 bits per heavy atom. The number of nitro groups is 1. The lowest BCUT2D eigenvalue weighted by Gasteiger charge is -2.00. The molecule has 0 radical (unpaired) electrons. The number of non-ortho nitro benzene ring substituents is 1. The number of aldehydes is 1. The second kappa shape index (κ2) is 3.39. The normalized spacial score (nSPS) is 19.0. The van der Waals surface area contributed by atoms with Gasteiger partial charge in [-0.15, -0.1) is 0 Å². The average molecular weight is 210 g/mol. The maximum atomic E-state index is 10.6. The fourth-order valence-corrected chi connectivity index (χ4v) is 2.15. The van der Waals surface area contributed by atoms with E-state index in [4.69, 9.17) is 0 Å². The van der Waals surface area contributed by atoms with Gasteiger partial charge in [-0.3, -0.25) is 10.1 Å². The Hall–Kier alpha value is -1.40. The maximum Gasteiger partial charge on any atom is 0.269 e. The highest BCUT2D eigenvalue weighted by Crippen LogP contribution is 2.35. The van der Waals surface area contributed by atoms with Crippen LogP contribution in [0.5, 0.6) is 0 Å². The Balaban J connectivity index is 2.47. The van der Waals surface area contributed by atoms with Crippen LogP contribution >= 0.6 is 11.9 Å². The summed E-state index contributed by atoms with van der Waals surface area (Å²) < 4.78 is 2.86. The number of nitrogens with one attached hydrogen (secondary N) is 1. The third-order valence-electron chi connectivity index (χ3n) is 1.97. The summed E-state index contributed by atoms with van der Waals surface area (Å²) in [7, 11) is 0. The van der Waals surface area contributed by atoms with Crippen molar-refractivity contribution in [3.05, 3.63) is 33.9 Å². The molecule has 2 rings (SSSR count). The fraction of sp³-hybridized carbons (Fsp3) is 0.125. The lowest BCUT2D eigenvalue weighted by atomic mass is 10.1. The number of rotatable bonds is 2. The molecule has 14 heavy (non-hydrogen) atoms. The molecule has 1 atom stereocenters. The number of carbonyl (C=O) groups is 1. The smallest absolute Gasteiger partial charge is 0.269 e. The molecule has 0 bridgehead atoms. The van der Waals surface area contributed by atoms with Crippen LogP contribution in [0.25, 0.3) is 0 Å². The van der Waals surface area contributed by atoms with Crippen LogP contribution in [0.4, 0.5) is 5.69 Å². The van der Waals surface area contributed by atoms with Gasteiger partial charge in [0.25, 0.3) is 5.69 Å². The molecule has 1 aliphatic heterocycles. The first-order valence-corrected chi connectivity index (χ1v) is 4.70. The standard InChI is InChI=1S/C8H6N2O3S/c11-4-7-6-3-5(10(12)13)1-2-8(6)14-9-7/h1-4,7,9H. The van der Waals surface area contributed by atoms with Crippen LogP contribution in [0.2, 0.25) is 0 Å². The van der Waals surface area contributed by atoms with E-state index >= 15 is 0 Å². The van der Waals surface area contributed by atoms with Crippen LogP contribution in [-0.4, -0.2) is 11.2 Å². The number of nitrogens with zero attached hydrogens (tertiary/aromatic N) is 1. The maximum absolute atomic E-state index is 10.6. The van der Waals surface area contributed by atoms with Crippen molar-refractivity contribution in [2.75, 3.05) is 0 Å². The third-order valence-corrected chi connectivity index (χ3v) is 2.93. The van der Waals surface area contributed by atoms with E-state index in [2.05, 4.69) is 4.72 Å². The second-order valence-corrected chi connectivity index (χ2v) is 3.69. The average Bonchev–Trinajstić information content (AvgIpc) is 2.59. The van der Waals surface area contributed by atoms with Crippen molar-refractivity contribution in [3.8, 4) is 0 Å². The Morgan fingerprint density at radius 1 is 1.57 bits per heavy atom. The van der Waals surface area contributed by atoms with Crippen molar-refractivity contribution < 1.29 is 9.72 Å². The number of benzene rings is 1. The van der Waals surface area contributed by atoms with Crippen molar-refractivity contribution in [1.29, 1.82) is 0 Å². The molecule has 1 N–H and O–H groups in total. The van der Waals surface area contributed by atoms with Crippen molar-refractivity contribution in [2.24, 2.45) is 0 Å². The largest absolute Gasteiger partial charge is 0.301 e. The topological polar surface area (TPSA) is 72.2 Å². The van der Waals surface area contributed by atoms with Gasteiger partial charge in [0.15, 0.2) is 0 Å². The van der Waals surface area contributed by atoms with Gasteiger partial charge in [0.1, 0.15) is 6.29 Å². The quantitative estimate of drug-likeness (QED) is 0.346. The summed E-state index contributed by atoms with van der Waals surface area (Å²) in [4.78, 5) is 21.5. The molecule has 0 saturated carbocycles. The van der Waals surface area contributed by atoms with Crippen LogP contribution in [0.15, 0.2) is 23.1 Å². The molecule has 6 heteroatoms. The molecule has 0 fully saturated rings. The molecule has 0 amide bonds. The first-order valence-electron chi connectivity index (χ1n) is 3.88. The van der Waals surface area contributed by atoms with E-state index in [0.29, 0.717) is 5.56 Å². The molecule has 5 nitrogen and oxygen atoms in total.